The third-order valence-corrected chi connectivity index (χ3v) is 5.93. The summed E-state index contributed by atoms with van der Waals surface area (Å²) < 4.78 is 0. The quantitative estimate of drug-likeness (QED) is 0.820. The molecule has 1 aliphatic heterocycles. The molecule has 0 bridgehead atoms. The number of benzene rings is 2. The Morgan fingerprint density at radius 2 is 1.44 bits per heavy atom. The first-order valence-corrected chi connectivity index (χ1v) is 9.57. The molecule has 0 radical (unpaired) electrons. The van der Waals surface area contributed by atoms with E-state index in [0.717, 1.165) is 42.7 Å². The predicted octanol–water partition coefficient (Wildman–Crippen LogP) is 3.07. The molecule has 1 aliphatic carbocycles. The Kier molecular flexibility index (Phi) is 4.60. The number of rotatable bonds is 4. The summed E-state index contributed by atoms with van der Waals surface area (Å²) in [6, 6.07) is 15.0. The number of carbonyl (C=O) groups is 2. The minimum Gasteiger partial charge on any atom is -0.399 e. The van der Waals surface area contributed by atoms with Gasteiger partial charge in [0.1, 0.15) is 0 Å². The Morgan fingerprint density at radius 3 is 2.00 bits per heavy atom. The van der Waals surface area contributed by atoms with Crippen molar-refractivity contribution in [3.63, 3.8) is 0 Å². The van der Waals surface area contributed by atoms with Crippen molar-refractivity contribution in [2.75, 3.05) is 25.4 Å². The van der Waals surface area contributed by atoms with Gasteiger partial charge in [0.15, 0.2) is 0 Å². The van der Waals surface area contributed by atoms with Gasteiger partial charge in [-0.2, -0.15) is 0 Å². The van der Waals surface area contributed by atoms with Crippen molar-refractivity contribution in [1.82, 2.24) is 10.2 Å². The fourth-order valence-electron chi connectivity index (χ4n) is 3.77. The zero-order valence-electron chi connectivity index (χ0n) is 15.4. The first-order chi connectivity index (χ1) is 13.0. The highest BCUT2D eigenvalue weighted by atomic mass is 16.2. The van der Waals surface area contributed by atoms with Gasteiger partial charge in [-0.3, -0.25) is 9.59 Å². The smallest absolute Gasteiger partial charge is 0.251 e. The topological polar surface area (TPSA) is 75.4 Å². The molecule has 0 atom stereocenters. The number of hydrogen-bond acceptors (Lipinski definition) is 3. The summed E-state index contributed by atoms with van der Waals surface area (Å²) in [5.74, 6) is -0.208. The average Bonchev–Trinajstić information content (AvgIpc) is 3.46. The molecule has 2 amide bonds. The standard InChI is InChI=1S/C22H25N3O2/c23-19-7-5-17(6-8-19)16-1-3-18(4-2-16)21(27)24-15-20(26)25-13-11-22(9-10-22)12-14-25/h1-8H,9-15,23H2,(H,24,27). The van der Waals surface area contributed by atoms with Crippen LogP contribution in [-0.2, 0) is 4.79 Å². The molecular weight excluding hydrogens is 338 g/mol. The van der Waals surface area contributed by atoms with E-state index in [2.05, 4.69) is 5.32 Å². The summed E-state index contributed by atoms with van der Waals surface area (Å²) in [7, 11) is 0. The Balaban J connectivity index is 1.30. The van der Waals surface area contributed by atoms with Crippen molar-refractivity contribution in [3.05, 3.63) is 54.1 Å². The van der Waals surface area contributed by atoms with Crippen LogP contribution in [0.3, 0.4) is 0 Å². The van der Waals surface area contributed by atoms with E-state index in [-0.39, 0.29) is 18.4 Å². The molecule has 5 heteroatoms. The molecule has 2 aromatic carbocycles. The highest BCUT2D eigenvalue weighted by Gasteiger charge is 2.44. The number of amides is 2. The van der Waals surface area contributed by atoms with Gasteiger partial charge in [-0.25, -0.2) is 0 Å². The SMILES string of the molecule is Nc1ccc(-c2ccc(C(=O)NCC(=O)N3CCC4(CC3)CC4)cc2)cc1. The van der Waals surface area contributed by atoms with E-state index in [1.807, 2.05) is 41.3 Å². The number of nitrogens with two attached hydrogens (primary N) is 1. The Labute approximate surface area is 159 Å². The molecule has 0 unspecified atom stereocenters. The van der Waals surface area contributed by atoms with E-state index in [1.54, 1.807) is 12.1 Å². The van der Waals surface area contributed by atoms with Crippen LogP contribution in [0.4, 0.5) is 5.69 Å². The van der Waals surface area contributed by atoms with Crippen LogP contribution in [0, 0.1) is 5.41 Å². The Bertz CT molecular complexity index is 829. The van der Waals surface area contributed by atoms with Gasteiger partial charge in [0, 0.05) is 24.3 Å². The van der Waals surface area contributed by atoms with Crippen molar-refractivity contribution < 1.29 is 9.59 Å². The number of likely N-dealkylation sites (tertiary alicyclic amines) is 1. The highest BCUT2D eigenvalue weighted by Crippen LogP contribution is 2.53. The van der Waals surface area contributed by atoms with Crippen LogP contribution in [0.15, 0.2) is 48.5 Å². The monoisotopic (exact) mass is 363 g/mol. The van der Waals surface area contributed by atoms with Crippen molar-refractivity contribution in [2.24, 2.45) is 5.41 Å². The van der Waals surface area contributed by atoms with Crippen LogP contribution < -0.4 is 11.1 Å². The molecule has 0 aromatic heterocycles. The van der Waals surface area contributed by atoms with Gasteiger partial charge >= 0.3 is 0 Å². The minimum absolute atomic E-state index is 0.0114. The lowest BCUT2D eigenvalue weighted by atomic mass is 9.94. The summed E-state index contributed by atoms with van der Waals surface area (Å²) in [6.45, 7) is 1.71. The van der Waals surface area contributed by atoms with E-state index in [0.29, 0.717) is 11.0 Å². The zero-order valence-corrected chi connectivity index (χ0v) is 15.4. The molecular formula is C22H25N3O2. The molecule has 140 valence electrons. The van der Waals surface area contributed by atoms with E-state index in [9.17, 15) is 9.59 Å². The van der Waals surface area contributed by atoms with Crippen molar-refractivity contribution >= 4 is 17.5 Å². The second-order valence-corrected chi connectivity index (χ2v) is 7.76. The summed E-state index contributed by atoms with van der Waals surface area (Å²) in [5.41, 5.74) is 9.60. The van der Waals surface area contributed by atoms with E-state index in [4.69, 9.17) is 5.73 Å². The maximum Gasteiger partial charge on any atom is 0.251 e. The van der Waals surface area contributed by atoms with Crippen LogP contribution in [0.25, 0.3) is 11.1 Å². The normalized spacial score (nSPS) is 17.6. The second-order valence-electron chi connectivity index (χ2n) is 7.76. The van der Waals surface area contributed by atoms with Gasteiger partial charge in [0.25, 0.3) is 5.91 Å². The van der Waals surface area contributed by atoms with Crippen LogP contribution >= 0.6 is 0 Å². The number of nitrogens with zero attached hydrogens (tertiary/aromatic N) is 1. The number of nitrogens with one attached hydrogen (secondary N) is 1. The Hall–Kier alpha value is -2.82. The van der Waals surface area contributed by atoms with Gasteiger partial charge in [-0.05, 0) is 66.5 Å². The molecule has 27 heavy (non-hydrogen) atoms. The minimum atomic E-state index is -0.220. The molecule has 1 saturated heterocycles. The van der Waals surface area contributed by atoms with Gasteiger partial charge in [0.2, 0.25) is 5.91 Å². The Morgan fingerprint density at radius 1 is 0.889 bits per heavy atom. The lowest BCUT2D eigenvalue weighted by Crippen LogP contribution is -2.44. The lowest BCUT2D eigenvalue weighted by Gasteiger charge is -2.32. The highest BCUT2D eigenvalue weighted by molar-refractivity contribution is 5.96. The predicted molar refractivity (Wildman–Crippen MR) is 106 cm³/mol. The van der Waals surface area contributed by atoms with Gasteiger partial charge in [0.05, 0.1) is 6.54 Å². The molecule has 2 fully saturated rings. The third-order valence-electron chi connectivity index (χ3n) is 5.93. The molecule has 1 spiro atoms. The summed E-state index contributed by atoms with van der Waals surface area (Å²) in [4.78, 5) is 26.6. The molecule has 1 saturated carbocycles. The van der Waals surface area contributed by atoms with E-state index < -0.39 is 0 Å². The summed E-state index contributed by atoms with van der Waals surface area (Å²) in [6.07, 6.45) is 4.86. The van der Waals surface area contributed by atoms with E-state index >= 15 is 0 Å². The van der Waals surface area contributed by atoms with Crippen LogP contribution in [-0.4, -0.2) is 36.3 Å². The maximum absolute atomic E-state index is 12.3. The number of hydrogen-bond donors (Lipinski definition) is 2. The van der Waals surface area contributed by atoms with Gasteiger partial charge < -0.3 is 16.0 Å². The van der Waals surface area contributed by atoms with Crippen LogP contribution in [0.5, 0.6) is 0 Å². The van der Waals surface area contributed by atoms with Gasteiger partial charge in [-0.15, -0.1) is 0 Å². The summed E-state index contributed by atoms with van der Waals surface area (Å²) >= 11 is 0. The summed E-state index contributed by atoms with van der Waals surface area (Å²) in [5, 5.41) is 2.75. The zero-order chi connectivity index (χ0) is 18.9. The first kappa shape index (κ1) is 17.6. The van der Waals surface area contributed by atoms with Crippen LogP contribution in [0.2, 0.25) is 0 Å². The lowest BCUT2D eigenvalue weighted by molar-refractivity contribution is -0.131. The number of carbonyl (C=O) groups excluding carboxylic acids is 2. The second kappa shape index (κ2) is 7.06. The molecule has 2 aromatic rings. The van der Waals surface area contributed by atoms with E-state index in [1.165, 1.54) is 12.8 Å². The maximum atomic E-state index is 12.3. The van der Waals surface area contributed by atoms with Crippen molar-refractivity contribution in [1.29, 1.82) is 0 Å². The van der Waals surface area contributed by atoms with Crippen molar-refractivity contribution in [3.8, 4) is 11.1 Å². The third kappa shape index (κ3) is 3.97. The molecule has 4 rings (SSSR count). The molecule has 5 nitrogen and oxygen atoms in total. The first-order valence-electron chi connectivity index (χ1n) is 9.57. The van der Waals surface area contributed by atoms with Crippen LogP contribution in [0.1, 0.15) is 36.0 Å². The molecule has 1 heterocycles. The molecule has 2 aliphatic rings. The average molecular weight is 363 g/mol. The fraction of sp³-hybridized carbons (Fsp3) is 0.364. The fourth-order valence-corrected chi connectivity index (χ4v) is 3.77. The van der Waals surface area contributed by atoms with Gasteiger partial charge in [-0.1, -0.05) is 24.3 Å². The number of anilines is 1. The number of nitrogen functional groups attached to an aromatic ring is 1. The molecule has 3 N–H and O–H groups in total. The largest absolute Gasteiger partial charge is 0.399 e. The van der Waals surface area contributed by atoms with Crippen molar-refractivity contribution in [2.45, 2.75) is 25.7 Å². The number of piperidine rings is 1.